The second-order valence-electron chi connectivity index (χ2n) is 4.35. The highest BCUT2D eigenvalue weighted by molar-refractivity contribution is 7.90. The van der Waals surface area contributed by atoms with E-state index in [4.69, 9.17) is 0 Å². The maximum absolute atomic E-state index is 11.8. The predicted octanol–water partition coefficient (Wildman–Crippen LogP) is 1.60. The van der Waals surface area contributed by atoms with Gasteiger partial charge in [-0.05, 0) is 19.1 Å². The van der Waals surface area contributed by atoms with Crippen LogP contribution in [-0.4, -0.2) is 36.8 Å². The average Bonchev–Trinajstić information content (AvgIpc) is 2.75. The Morgan fingerprint density at radius 1 is 1.32 bits per heavy atom. The number of hydrogen-bond acceptors (Lipinski definition) is 3. The van der Waals surface area contributed by atoms with Crippen molar-refractivity contribution in [2.75, 3.05) is 18.8 Å². The summed E-state index contributed by atoms with van der Waals surface area (Å²) in [6.07, 6.45) is 1.61. The summed E-state index contributed by atoms with van der Waals surface area (Å²) in [6.45, 7) is 1.92. The predicted molar refractivity (Wildman–Crippen MR) is 75.0 cm³/mol. The van der Waals surface area contributed by atoms with E-state index in [0.29, 0.717) is 5.69 Å². The molecular weight excluding hydrogens is 264 g/mol. The first-order valence-corrected chi connectivity index (χ1v) is 7.15. The number of imidazole rings is 1. The van der Waals surface area contributed by atoms with E-state index < -0.39 is 10.2 Å². The number of nitrogens with zero attached hydrogens (tertiary/aromatic N) is 2. The third-order valence-electron chi connectivity index (χ3n) is 2.69. The molecule has 0 radical (unpaired) electrons. The molecule has 6 nitrogen and oxygen atoms in total. The molecule has 1 heterocycles. The van der Waals surface area contributed by atoms with Crippen molar-refractivity contribution in [3.8, 4) is 11.3 Å². The Kier molecular flexibility index (Phi) is 3.59. The molecule has 0 aliphatic carbocycles. The van der Waals surface area contributed by atoms with Crippen LogP contribution in [0, 0.1) is 6.92 Å². The third kappa shape index (κ3) is 2.94. The summed E-state index contributed by atoms with van der Waals surface area (Å²) in [4.78, 5) is 7.21. The lowest BCUT2D eigenvalue weighted by atomic mass is 10.1. The van der Waals surface area contributed by atoms with Gasteiger partial charge in [-0.2, -0.15) is 12.7 Å². The fraction of sp³-hybridized carbons (Fsp3) is 0.250. The van der Waals surface area contributed by atoms with E-state index >= 15 is 0 Å². The van der Waals surface area contributed by atoms with Crippen LogP contribution < -0.4 is 4.72 Å². The van der Waals surface area contributed by atoms with Crippen LogP contribution in [0.5, 0.6) is 0 Å². The van der Waals surface area contributed by atoms with E-state index in [2.05, 4.69) is 14.7 Å². The molecule has 19 heavy (non-hydrogen) atoms. The third-order valence-corrected chi connectivity index (χ3v) is 4.15. The normalized spacial score (nSPS) is 11.8. The molecule has 0 saturated heterocycles. The molecule has 0 unspecified atom stereocenters. The molecule has 1 aromatic heterocycles. The Bertz CT molecular complexity index is 677. The van der Waals surface area contributed by atoms with Gasteiger partial charge in [0.1, 0.15) is 0 Å². The molecule has 2 aromatic rings. The molecule has 0 amide bonds. The van der Waals surface area contributed by atoms with Gasteiger partial charge in [-0.3, -0.25) is 4.72 Å². The maximum Gasteiger partial charge on any atom is 0.301 e. The molecular formula is C12H16N4O2S. The van der Waals surface area contributed by atoms with Crippen LogP contribution >= 0.6 is 0 Å². The number of H-pyrrole nitrogens is 1. The van der Waals surface area contributed by atoms with E-state index in [0.717, 1.165) is 21.3 Å². The minimum Gasteiger partial charge on any atom is -0.348 e. The Hall–Kier alpha value is -1.86. The molecule has 102 valence electrons. The van der Waals surface area contributed by atoms with Gasteiger partial charge >= 0.3 is 10.2 Å². The summed E-state index contributed by atoms with van der Waals surface area (Å²) in [7, 11) is -0.539. The van der Waals surface area contributed by atoms with Crippen LogP contribution in [0.4, 0.5) is 5.69 Å². The van der Waals surface area contributed by atoms with E-state index in [9.17, 15) is 8.42 Å². The Balaban J connectivity index is 2.34. The molecule has 0 aliphatic heterocycles. The van der Waals surface area contributed by atoms with Gasteiger partial charge < -0.3 is 4.98 Å². The quantitative estimate of drug-likeness (QED) is 0.893. The van der Waals surface area contributed by atoms with Gasteiger partial charge in [0, 0.05) is 25.4 Å². The lowest BCUT2D eigenvalue weighted by Gasteiger charge is -2.13. The van der Waals surface area contributed by atoms with Crippen LogP contribution in [0.1, 0.15) is 5.69 Å². The maximum atomic E-state index is 11.8. The average molecular weight is 280 g/mol. The molecule has 0 fully saturated rings. The SMILES string of the molecule is Cc1[nH]cnc1-c1cccc(NS(=O)(=O)N(C)C)c1. The van der Waals surface area contributed by atoms with Crippen molar-refractivity contribution in [1.29, 1.82) is 0 Å². The van der Waals surface area contributed by atoms with Gasteiger partial charge in [-0.25, -0.2) is 4.98 Å². The van der Waals surface area contributed by atoms with E-state index in [1.807, 2.05) is 13.0 Å². The van der Waals surface area contributed by atoms with Crippen molar-refractivity contribution < 1.29 is 8.42 Å². The summed E-state index contributed by atoms with van der Waals surface area (Å²) in [5.74, 6) is 0. The van der Waals surface area contributed by atoms with Gasteiger partial charge in [-0.1, -0.05) is 12.1 Å². The van der Waals surface area contributed by atoms with Crippen LogP contribution in [-0.2, 0) is 10.2 Å². The van der Waals surface area contributed by atoms with Crippen molar-refractivity contribution in [1.82, 2.24) is 14.3 Å². The Morgan fingerprint density at radius 2 is 2.05 bits per heavy atom. The van der Waals surface area contributed by atoms with Crippen molar-refractivity contribution in [3.63, 3.8) is 0 Å². The van der Waals surface area contributed by atoms with Crippen molar-refractivity contribution in [2.45, 2.75) is 6.92 Å². The van der Waals surface area contributed by atoms with Crippen LogP contribution in [0.2, 0.25) is 0 Å². The highest BCUT2D eigenvalue weighted by atomic mass is 32.2. The smallest absolute Gasteiger partial charge is 0.301 e. The first-order valence-electron chi connectivity index (χ1n) is 5.71. The van der Waals surface area contributed by atoms with Gasteiger partial charge in [-0.15, -0.1) is 0 Å². The fourth-order valence-corrected chi connectivity index (χ4v) is 2.23. The number of aromatic amines is 1. The van der Waals surface area contributed by atoms with Crippen molar-refractivity contribution >= 4 is 15.9 Å². The zero-order valence-corrected chi connectivity index (χ0v) is 11.8. The summed E-state index contributed by atoms with van der Waals surface area (Å²) in [5.41, 5.74) is 3.12. The molecule has 0 bridgehead atoms. The second-order valence-corrected chi connectivity index (χ2v) is 6.23. The molecule has 2 N–H and O–H groups in total. The largest absolute Gasteiger partial charge is 0.348 e. The molecule has 0 spiro atoms. The van der Waals surface area contributed by atoms with Crippen molar-refractivity contribution in [2.24, 2.45) is 0 Å². The molecule has 7 heteroatoms. The highest BCUT2D eigenvalue weighted by Gasteiger charge is 2.13. The lowest BCUT2D eigenvalue weighted by molar-refractivity contribution is 0.527. The van der Waals surface area contributed by atoms with Crippen LogP contribution in [0.15, 0.2) is 30.6 Å². The standard InChI is InChI=1S/C12H16N4O2S/c1-9-12(14-8-13-9)10-5-4-6-11(7-10)15-19(17,18)16(2)3/h4-8,15H,1-3H3,(H,13,14). The summed E-state index contributed by atoms with van der Waals surface area (Å²) >= 11 is 0. The van der Waals surface area contributed by atoms with E-state index in [1.54, 1.807) is 24.5 Å². The van der Waals surface area contributed by atoms with Crippen LogP contribution in [0.3, 0.4) is 0 Å². The topological polar surface area (TPSA) is 78.1 Å². The Morgan fingerprint density at radius 3 is 2.63 bits per heavy atom. The zero-order chi connectivity index (χ0) is 14.0. The second kappa shape index (κ2) is 5.02. The monoisotopic (exact) mass is 280 g/mol. The summed E-state index contributed by atoms with van der Waals surface area (Å²) in [5, 5.41) is 0. The molecule has 2 rings (SSSR count). The first-order chi connectivity index (χ1) is 8.90. The minimum absolute atomic E-state index is 0.508. The van der Waals surface area contributed by atoms with E-state index in [1.165, 1.54) is 14.1 Å². The lowest BCUT2D eigenvalue weighted by Crippen LogP contribution is -2.28. The van der Waals surface area contributed by atoms with Gasteiger partial charge in [0.15, 0.2) is 0 Å². The number of hydrogen-bond donors (Lipinski definition) is 2. The number of benzene rings is 1. The summed E-state index contributed by atoms with van der Waals surface area (Å²) in [6, 6.07) is 7.13. The number of rotatable bonds is 4. The number of aryl methyl sites for hydroxylation is 1. The van der Waals surface area contributed by atoms with Crippen LogP contribution in [0.25, 0.3) is 11.3 Å². The van der Waals surface area contributed by atoms with E-state index in [-0.39, 0.29) is 0 Å². The fourth-order valence-electron chi connectivity index (χ4n) is 1.62. The van der Waals surface area contributed by atoms with Gasteiger partial charge in [0.2, 0.25) is 0 Å². The number of nitrogens with one attached hydrogen (secondary N) is 2. The molecule has 0 saturated carbocycles. The Labute approximate surface area is 112 Å². The highest BCUT2D eigenvalue weighted by Crippen LogP contribution is 2.23. The van der Waals surface area contributed by atoms with Crippen molar-refractivity contribution in [3.05, 3.63) is 36.3 Å². The zero-order valence-electron chi connectivity index (χ0n) is 11.0. The number of anilines is 1. The van der Waals surface area contributed by atoms with Gasteiger partial charge in [0.05, 0.1) is 17.7 Å². The molecule has 1 aromatic carbocycles. The van der Waals surface area contributed by atoms with Gasteiger partial charge in [0.25, 0.3) is 0 Å². The summed E-state index contributed by atoms with van der Waals surface area (Å²) < 4.78 is 27.1. The molecule has 0 atom stereocenters. The number of aromatic nitrogens is 2. The minimum atomic E-state index is -3.49. The molecule has 0 aliphatic rings. The first kappa shape index (κ1) is 13.6.